The predicted octanol–water partition coefficient (Wildman–Crippen LogP) is 19.4. The number of carboxylic acids is 1. The summed E-state index contributed by atoms with van der Waals surface area (Å²) in [4.78, 5) is 13.2. The van der Waals surface area contributed by atoms with Gasteiger partial charge in [-0.15, -0.1) is 0 Å². The molecule has 0 saturated heterocycles. The van der Waals surface area contributed by atoms with Gasteiger partial charge >= 0.3 is 5.97 Å². The van der Waals surface area contributed by atoms with Crippen LogP contribution in [0.25, 0.3) is 0 Å². The number of unbranched alkanes of at least 4 members (excludes halogenated alkanes) is 41. The third kappa shape index (κ3) is 57.6. The second-order valence-electron chi connectivity index (χ2n) is 18.5. The van der Waals surface area contributed by atoms with Gasteiger partial charge in [0.25, 0.3) is 0 Å². The number of nitrogens with zero attached hydrogens (tertiary/aromatic N) is 1. The van der Waals surface area contributed by atoms with E-state index in [1.807, 2.05) is 0 Å². The number of aliphatic carboxylic acids is 1. The van der Waals surface area contributed by atoms with Crippen molar-refractivity contribution in [1.29, 1.82) is 0 Å². The smallest absolute Gasteiger partial charge is 0.303 e. The molecule has 0 aliphatic rings. The van der Waals surface area contributed by atoms with Crippen molar-refractivity contribution in [3.8, 4) is 0 Å². The molecule has 1 N–H and O–H groups in total. The molecule has 0 atom stereocenters. The maximum absolute atomic E-state index is 10.3. The van der Waals surface area contributed by atoms with Crippen LogP contribution in [0.2, 0.25) is 0 Å². The Kier molecular flexibility index (Phi) is 56.9. The number of rotatable bonds is 49. The second-order valence-corrected chi connectivity index (χ2v) is 18.5. The van der Waals surface area contributed by atoms with E-state index >= 15 is 0 Å². The van der Waals surface area contributed by atoms with Crippen molar-refractivity contribution in [2.24, 2.45) is 0 Å². The van der Waals surface area contributed by atoms with Gasteiger partial charge in [0.15, 0.2) is 0 Å². The summed E-state index contributed by atoms with van der Waals surface area (Å²) in [6.07, 6.45) is 63.8. The van der Waals surface area contributed by atoms with Gasteiger partial charge in [-0.3, -0.25) is 4.79 Å². The van der Waals surface area contributed by atoms with E-state index in [-0.39, 0.29) is 0 Å². The van der Waals surface area contributed by atoms with Gasteiger partial charge in [-0.25, -0.2) is 0 Å². The molecule has 0 aliphatic heterocycles. The summed E-state index contributed by atoms with van der Waals surface area (Å²) in [6.45, 7) is 13.3. The summed E-state index contributed by atoms with van der Waals surface area (Å²) >= 11 is 0. The molecule has 0 fully saturated rings. The molecule has 0 aliphatic carbocycles. The first-order valence-electron chi connectivity index (χ1n) is 27.1. The van der Waals surface area contributed by atoms with Crippen LogP contribution in [0.1, 0.15) is 323 Å². The van der Waals surface area contributed by atoms with Crippen molar-refractivity contribution in [3.05, 3.63) is 0 Å². The number of carboxylic acid groups (broad SMARTS) is 1. The van der Waals surface area contributed by atoms with E-state index in [1.54, 1.807) is 0 Å². The van der Waals surface area contributed by atoms with Gasteiger partial charge in [-0.1, -0.05) is 291 Å². The monoisotopic (exact) mass is 806 g/mol. The molecule has 3 heteroatoms. The standard InChI is InChI=1S/C36H75N.C18H36O2/c1-4-7-10-13-16-19-22-25-28-31-34-37(35-32-29-26-23-20-17-14-11-8-5-2)36-33-30-27-24-21-18-15-12-9-6-3;1-2-3-4-5-6-7-8-9-10-11-12-13-14-15-16-17-18(19)20/h4-36H2,1-3H3;2-17H2,1H3,(H,19,20). The molecule has 0 saturated carbocycles. The van der Waals surface area contributed by atoms with E-state index in [2.05, 4.69) is 32.6 Å². The van der Waals surface area contributed by atoms with Crippen LogP contribution in [-0.4, -0.2) is 35.6 Å². The summed E-state index contributed by atoms with van der Waals surface area (Å²) in [6, 6.07) is 0. The highest BCUT2D eigenvalue weighted by Crippen LogP contribution is 2.16. The van der Waals surface area contributed by atoms with Crippen molar-refractivity contribution in [3.63, 3.8) is 0 Å². The molecule has 344 valence electrons. The maximum atomic E-state index is 10.3. The number of hydrogen-bond acceptors (Lipinski definition) is 2. The SMILES string of the molecule is CCCCCCCCCCCCCCCCCC(=O)O.CCCCCCCCCCCCN(CCCCCCCCCCCC)CCCCCCCCCCCC. The van der Waals surface area contributed by atoms with Crippen LogP contribution >= 0.6 is 0 Å². The largest absolute Gasteiger partial charge is 0.481 e. The van der Waals surface area contributed by atoms with Crippen LogP contribution in [0.15, 0.2) is 0 Å². The van der Waals surface area contributed by atoms with Gasteiger partial charge in [-0.2, -0.15) is 0 Å². The minimum absolute atomic E-state index is 0.345. The van der Waals surface area contributed by atoms with Gasteiger partial charge in [0.1, 0.15) is 0 Å². The Labute approximate surface area is 362 Å². The fourth-order valence-electron chi connectivity index (χ4n) is 8.45. The lowest BCUT2D eigenvalue weighted by atomic mass is 10.0. The summed E-state index contributed by atoms with van der Waals surface area (Å²) in [5.41, 5.74) is 0. The Morgan fingerprint density at radius 2 is 0.421 bits per heavy atom. The van der Waals surface area contributed by atoms with Gasteiger partial charge in [0.05, 0.1) is 0 Å². The predicted molar refractivity (Wildman–Crippen MR) is 259 cm³/mol. The van der Waals surface area contributed by atoms with Crippen LogP contribution in [0.4, 0.5) is 0 Å². The van der Waals surface area contributed by atoms with Crippen molar-refractivity contribution in [2.45, 2.75) is 323 Å². The molecular weight excluding hydrogens is 695 g/mol. The maximum Gasteiger partial charge on any atom is 0.303 e. The first-order valence-corrected chi connectivity index (χ1v) is 27.1. The quantitative estimate of drug-likeness (QED) is 0.0623. The minimum Gasteiger partial charge on any atom is -0.481 e. The zero-order valence-corrected chi connectivity index (χ0v) is 40.5. The van der Waals surface area contributed by atoms with E-state index in [4.69, 9.17) is 5.11 Å². The highest BCUT2D eigenvalue weighted by Gasteiger charge is 2.06. The highest BCUT2D eigenvalue weighted by molar-refractivity contribution is 5.66. The Bertz CT molecular complexity index is 638. The molecule has 0 aromatic rings. The molecule has 0 unspecified atom stereocenters. The average Bonchev–Trinajstić information content (AvgIpc) is 3.21. The fourth-order valence-corrected chi connectivity index (χ4v) is 8.45. The van der Waals surface area contributed by atoms with Gasteiger partial charge in [0, 0.05) is 6.42 Å². The number of carbonyl (C=O) groups is 1. The molecule has 0 rings (SSSR count). The lowest BCUT2D eigenvalue weighted by molar-refractivity contribution is -0.137. The van der Waals surface area contributed by atoms with Crippen LogP contribution in [0, 0.1) is 0 Å². The highest BCUT2D eigenvalue weighted by atomic mass is 16.4. The molecule has 0 aromatic carbocycles. The number of hydrogen-bond donors (Lipinski definition) is 1. The fraction of sp³-hybridized carbons (Fsp3) is 0.981. The summed E-state index contributed by atoms with van der Waals surface area (Å²) < 4.78 is 0. The van der Waals surface area contributed by atoms with Crippen molar-refractivity contribution in [1.82, 2.24) is 4.90 Å². The van der Waals surface area contributed by atoms with Gasteiger partial charge in [0.2, 0.25) is 0 Å². The summed E-state index contributed by atoms with van der Waals surface area (Å²) in [7, 11) is 0. The van der Waals surface area contributed by atoms with Crippen LogP contribution in [0.3, 0.4) is 0 Å². The minimum atomic E-state index is -0.653. The van der Waals surface area contributed by atoms with Crippen molar-refractivity contribution in [2.75, 3.05) is 19.6 Å². The van der Waals surface area contributed by atoms with Crippen LogP contribution < -0.4 is 0 Å². The van der Waals surface area contributed by atoms with Crippen LogP contribution in [-0.2, 0) is 4.79 Å². The molecule has 0 heterocycles. The Morgan fingerprint density at radius 1 is 0.263 bits per heavy atom. The molecular formula is C54H111NO2. The van der Waals surface area contributed by atoms with E-state index in [1.165, 1.54) is 296 Å². The topological polar surface area (TPSA) is 40.5 Å². The van der Waals surface area contributed by atoms with Crippen molar-refractivity contribution >= 4 is 5.97 Å². The lowest BCUT2D eigenvalue weighted by Crippen LogP contribution is -2.27. The van der Waals surface area contributed by atoms with E-state index in [0.717, 1.165) is 12.8 Å². The summed E-state index contributed by atoms with van der Waals surface area (Å²) in [5.74, 6) is -0.653. The van der Waals surface area contributed by atoms with Crippen LogP contribution in [0.5, 0.6) is 0 Å². The average molecular weight is 806 g/mol. The van der Waals surface area contributed by atoms with E-state index in [9.17, 15) is 4.79 Å². The van der Waals surface area contributed by atoms with Crippen molar-refractivity contribution < 1.29 is 9.90 Å². The van der Waals surface area contributed by atoms with E-state index < -0.39 is 5.97 Å². The Morgan fingerprint density at radius 3 is 0.596 bits per heavy atom. The molecule has 0 bridgehead atoms. The molecule has 57 heavy (non-hydrogen) atoms. The molecule has 0 amide bonds. The molecule has 0 radical (unpaired) electrons. The summed E-state index contributed by atoms with van der Waals surface area (Å²) in [5, 5.41) is 8.52. The molecule has 0 spiro atoms. The normalized spacial score (nSPS) is 11.4. The zero-order valence-electron chi connectivity index (χ0n) is 40.5. The molecule has 0 aromatic heterocycles. The van der Waals surface area contributed by atoms with Gasteiger partial charge in [-0.05, 0) is 45.3 Å². The third-order valence-corrected chi connectivity index (χ3v) is 12.5. The Balaban J connectivity index is 0. The third-order valence-electron chi connectivity index (χ3n) is 12.5. The first-order chi connectivity index (χ1) is 28.1. The first kappa shape index (κ1) is 58.5. The second kappa shape index (κ2) is 55.4. The van der Waals surface area contributed by atoms with Gasteiger partial charge < -0.3 is 10.0 Å². The van der Waals surface area contributed by atoms with E-state index in [0.29, 0.717) is 6.42 Å². The molecule has 3 nitrogen and oxygen atoms in total. The lowest BCUT2D eigenvalue weighted by Gasteiger charge is -2.22. The Hall–Kier alpha value is -0.570. The zero-order chi connectivity index (χ0) is 41.8.